The Morgan fingerprint density at radius 3 is 2.39 bits per heavy atom. The zero-order valence-corrected chi connectivity index (χ0v) is 11.2. The Morgan fingerprint density at radius 2 is 1.94 bits per heavy atom. The second kappa shape index (κ2) is 4.68. The molecule has 1 aromatic carbocycles. The molecule has 0 radical (unpaired) electrons. The van der Waals surface area contributed by atoms with Crippen molar-refractivity contribution in [3.05, 3.63) is 29.6 Å². The molecule has 0 aromatic heterocycles. The Balaban J connectivity index is 3.37. The molecule has 0 bridgehead atoms. The maximum Gasteiger partial charge on any atom is 0.309 e. The molecule has 6 heteroatoms. The molecule has 0 aliphatic heterocycles. The van der Waals surface area contributed by atoms with Crippen molar-refractivity contribution in [1.82, 2.24) is 0 Å². The minimum absolute atomic E-state index is 0.0765. The van der Waals surface area contributed by atoms with Crippen molar-refractivity contribution in [2.24, 2.45) is 5.41 Å². The van der Waals surface area contributed by atoms with Gasteiger partial charge in [0.05, 0.1) is 10.3 Å². The predicted octanol–water partition coefficient (Wildman–Crippen LogP) is 1.88. The van der Waals surface area contributed by atoms with Gasteiger partial charge in [-0.2, -0.15) is 0 Å². The van der Waals surface area contributed by atoms with E-state index in [1.54, 1.807) is 0 Å². The molecule has 0 amide bonds. The van der Waals surface area contributed by atoms with Crippen LogP contribution in [0.15, 0.2) is 23.1 Å². The molecule has 0 heterocycles. The van der Waals surface area contributed by atoms with Crippen LogP contribution in [0.5, 0.6) is 0 Å². The van der Waals surface area contributed by atoms with Crippen LogP contribution in [-0.2, 0) is 21.1 Å². The van der Waals surface area contributed by atoms with Gasteiger partial charge in [0, 0.05) is 11.8 Å². The van der Waals surface area contributed by atoms with Crippen LogP contribution < -0.4 is 0 Å². The van der Waals surface area contributed by atoms with Crippen molar-refractivity contribution in [1.29, 1.82) is 0 Å². The number of carboxylic acid groups (broad SMARTS) is 1. The second-order valence-electron chi connectivity index (χ2n) is 4.85. The highest BCUT2D eigenvalue weighted by Crippen LogP contribution is 2.28. The zero-order chi connectivity index (χ0) is 14.1. The summed E-state index contributed by atoms with van der Waals surface area (Å²) in [5.41, 5.74) is -1.31. The molecular weight excluding hydrogens is 259 g/mol. The summed E-state index contributed by atoms with van der Waals surface area (Å²) in [7, 11) is -3.59. The van der Waals surface area contributed by atoms with E-state index in [0.29, 0.717) is 0 Å². The molecule has 1 aromatic rings. The normalized spacial score (nSPS) is 12.4. The van der Waals surface area contributed by atoms with Crippen molar-refractivity contribution < 1.29 is 22.7 Å². The first-order valence-electron chi connectivity index (χ1n) is 5.26. The van der Waals surface area contributed by atoms with E-state index >= 15 is 0 Å². The molecule has 0 aliphatic carbocycles. The molecule has 1 rings (SSSR count). The van der Waals surface area contributed by atoms with E-state index in [1.807, 2.05) is 0 Å². The smallest absolute Gasteiger partial charge is 0.309 e. The van der Waals surface area contributed by atoms with Crippen molar-refractivity contribution in [2.75, 3.05) is 6.26 Å². The quantitative estimate of drug-likeness (QED) is 0.910. The monoisotopic (exact) mass is 274 g/mol. The highest BCUT2D eigenvalue weighted by Gasteiger charge is 2.31. The van der Waals surface area contributed by atoms with Crippen LogP contribution in [0.4, 0.5) is 4.39 Å². The van der Waals surface area contributed by atoms with E-state index in [-0.39, 0.29) is 16.9 Å². The molecule has 18 heavy (non-hydrogen) atoms. The maximum atomic E-state index is 13.7. The number of hydrogen-bond acceptors (Lipinski definition) is 3. The molecule has 0 spiro atoms. The average molecular weight is 274 g/mol. The Hall–Kier alpha value is -1.43. The summed E-state index contributed by atoms with van der Waals surface area (Å²) in [5.74, 6) is -1.81. The molecule has 1 N–H and O–H groups in total. The first-order valence-corrected chi connectivity index (χ1v) is 7.15. The summed E-state index contributed by atoms with van der Waals surface area (Å²) in [4.78, 5) is 10.9. The first-order chi connectivity index (χ1) is 8.05. The van der Waals surface area contributed by atoms with Gasteiger partial charge in [-0.1, -0.05) is 6.07 Å². The molecule has 0 saturated carbocycles. The average Bonchev–Trinajstić information content (AvgIpc) is 2.18. The van der Waals surface area contributed by atoms with Gasteiger partial charge >= 0.3 is 5.97 Å². The minimum Gasteiger partial charge on any atom is -0.481 e. The lowest BCUT2D eigenvalue weighted by Crippen LogP contribution is -2.27. The van der Waals surface area contributed by atoms with Crippen LogP contribution in [0, 0.1) is 11.2 Å². The van der Waals surface area contributed by atoms with E-state index in [4.69, 9.17) is 5.11 Å². The second-order valence-corrected chi connectivity index (χ2v) is 6.84. The van der Waals surface area contributed by atoms with Crippen LogP contribution in [0.25, 0.3) is 0 Å². The highest BCUT2D eigenvalue weighted by molar-refractivity contribution is 7.90. The third-order valence-electron chi connectivity index (χ3n) is 2.67. The molecule has 0 fully saturated rings. The molecule has 0 aliphatic rings. The number of rotatable bonds is 4. The van der Waals surface area contributed by atoms with E-state index in [9.17, 15) is 17.6 Å². The molecule has 100 valence electrons. The van der Waals surface area contributed by atoms with E-state index < -0.39 is 27.0 Å². The van der Waals surface area contributed by atoms with Crippen molar-refractivity contribution >= 4 is 15.8 Å². The SMILES string of the molecule is CC(C)(Cc1c(F)cccc1S(C)(=O)=O)C(=O)O. The first kappa shape index (κ1) is 14.6. The lowest BCUT2D eigenvalue weighted by Gasteiger charge is -2.20. The van der Waals surface area contributed by atoms with Crippen LogP contribution in [0.1, 0.15) is 19.4 Å². The topological polar surface area (TPSA) is 71.4 Å². The standard InChI is InChI=1S/C12H15FO4S/c1-12(2,11(14)15)7-8-9(13)5-4-6-10(8)18(3,16)17/h4-6H,7H2,1-3H3,(H,14,15). The Bertz CT molecular complexity index is 576. The van der Waals surface area contributed by atoms with Gasteiger partial charge in [-0.05, 0) is 32.4 Å². The van der Waals surface area contributed by atoms with Crippen LogP contribution in [-0.4, -0.2) is 25.7 Å². The largest absolute Gasteiger partial charge is 0.481 e. The van der Waals surface area contributed by atoms with Gasteiger partial charge in [0.15, 0.2) is 9.84 Å². The van der Waals surface area contributed by atoms with Crippen molar-refractivity contribution in [3.8, 4) is 0 Å². The number of carboxylic acids is 1. The third-order valence-corrected chi connectivity index (χ3v) is 3.85. The highest BCUT2D eigenvalue weighted by atomic mass is 32.2. The third kappa shape index (κ3) is 3.07. The van der Waals surface area contributed by atoms with Crippen LogP contribution >= 0.6 is 0 Å². The molecule has 0 atom stereocenters. The number of aliphatic carboxylic acids is 1. The van der Waals surface area contributed by atoms with Crippen molar-refractivity contribution in [3.63, 3.8) is 0 Å². The summed E-state index contributed by atoms with van der Waals surface area (Å²) < 4.78 is 36.8. The summed E-state index contributed by atoms with van der Waals surface area (Å²) >= 11 is 0. The van der Waals surface area contributed by atoms with Crippen LogP contribution in [0.2, 0.25) is 0 Å². The fourth-order valence-electron chi connectivity index (χ4n) is 1.58. The molecule has 0 saturated heterocycles. The molecule has 0 unspecified atom stereocenters. The van der Waals surface area contributed by atoms with Gasteiger partial charge in [-0.15, -0.1) is 0 Å². The summed E-state index contributed by atoms with van der Waals surface area (Å²) in [6, 6.07) is 3.70. The number of sulfone groups is 1. The fourth-order valence-corrected chi connectivity index (χ4v) is 2.52. The van der Waals surface area contributed by atoms with Gasteiger partial charge in [-0.25, -0.2) is 12.8 Å². The minimum atomic E-state index is -3.59. The van der Waals surface area contributed by atoms with Gasteiger partial charge < -0.3 is 5.11 Å². The number of hydrogen-bond donors (Lipinski definition) is 1. The fraction of sp³-hybridized carbons (Fsp3) is 0.417. The lowest BCUT2D eigenvalue weighted by atomic mass is 9.86. The Kier molecular flexibility index (Phi) is 3.81. The maximum absolute atomic E-state index is 13.7. The zero-order valence-electron chi connectivity index (χ0n) is 10.4. The number of benzene rings is 1. The number of carbonyl (C=O) groups is 1. The van der Waals surface area contributed by atoms with Gasteiger partial charge in [0.2, 0.25) is 0 Å². The van der Waals surface area contributed by atoms with Gasteiger partial charge in [0.25, 0.3) is 0 Å². The van der Waals surface area contributed by atoms with E-state index in [2.05, 4.69) is 0 Å². The Labute approximate surface area is 105 Å². The van der Waals surface area contributed by atoms with E-state index in [0.717, 1.165) is 12.3 Å². The van der Waals surface area contributed by atoms with E-state index in [1.165, 1.54) is 26.0 Å². The predicted molar refractivity (Wildman–Crippen MR) is 64.6 cm³/mol. The summed E-state index contributed by atoms with van der Waals surface area (Å²) in [6.07, 6.45) is 0.788. The summed E-state index contributed by atoms with van der Waals surface area (Å²) in [6.45, 7) is 2.85. The van der Waals surface area contributed by atoms with Crippen LogP contribution in [0.3, 0.4) is 0 Å². The molecule has 4 nitrogen and oxygen atoms in total. The Morgan fingerprint density at radius 1 is 1.39 bits per heavy atom. The van der Waals surface area contributed by atoms with Gasteiger partial charge in [0.1, 0.15) is 5.82 Å². The molecular formula is C12H15FO4S. The number of halogens is 1. The van der Waals surface area contributed by atoms with Gasteiger partial charge in [-0.3, -0.25) is 4.79 Å². The van der Waals surface area contributed by atoms with Crippen molar-refractivity contribution in [2.45, 2.75) is 25.2 Å². The lowest BCUT2D eigenvalue weighted by molar-refractivity contribution is -0.146. The summed E-state index contributed by atoms with van der Waals surface area (Å²) in [5, 5.41) is 9.02.